The zero-order chi connectivity index (χ0) is 28.8. The minimum atomic E-state index is -1.27. The molecule has 6 rings (SSSR count). The summed E-state index contributed by atoms with van der Waals surface area (Å²) < 4.78 is 45.7. The van der Waals surface area contributed by atoms with Gasteiger partial charge in [-0.25, -0.2) is 13.2 Å². The van der Waals surface area contributed by atoms with E-state index in [9.17, 15) is 19.1 Å². The number of benzene rings is 2. The number of anilines is 1. The van der Waals surface area contributed by atoms with Gasteiger partial charge < -0.3 is 20.2 Å². The Morgan fingerprint density at radius 2 is 1.44 bits per heavy atom. The van der Waals surface area contributed by atoms with Crippen LogP contribution in [0.4, 0.5) is 18.9 Å². The summed E-state index contributed by atoms with van der Waals surface area (Å²) in [7, 11) is 0. The minimum Gasteiger partial charge on any atom is -0.380 e. The van der Waals surface area contributed by atoms with Crippen molar-refractivity contribution in [1.82, 2.24) is 9.80 Å². The number of hydrogen-bond donors (Lipinski definition) is 2. The number of carbonyl (C=O) groups excluding carboxylic acids is 2. The van der Waals surface area contributed by atoms with E-state index in [1.54, 1.807) is 12.1 Å². The Balaban J connectivity index is 1.23. The van der Waals surface area contributed by atoms with Gasteiger partial charge >= 0.3 is 0 Å². The Bertz CT molecular complexity index is 1330. The maximum absolute atomic E-state index is 15.8. The van der Waals surface area contributed by atoms with Crippen molar-refractivity contribution >= 4 is 17.5 Å². The summed E-state index contributed by atoms with van der Waals surface area (Å²) in [5, 5.41) is 13.5. The van der Waals surface area contributed by atoms with Gasteiger partial charge in [0.25, 0.3) is 11.8 Å². The number of nitrogens with one attached hydrogen (secondary N) is 1. The molecular formula is C32H38F3N3O3. The molecule has 2 aliphatic carbocycles. The molecule has 1 saturated heterocycles. The van der Waals surface area contributed by atoms with Crippen molar-refractivity contribution in [3.05, 3.63) is 64.5 Å². The lowest BCUT2D eigenvalue weighted by Gasteiger charge is -2.44. The van der Waals surface area contributed by atoms with Crippen molar-refractivity contribution in [1.29, 1.82) is 0 Å². The van der Waals surface area contributed by atoms with Crippen LogP contribution in [0.2, 0.25) is 0 Å². The normalized spacial score (nSPS) is 23.6. The topological polar surface area (TPSA) is 72.9 Å². The number of fused-ring (bicyclic) bond motifs is 2. The first-order valence-electron chi connectivity index (χ1n) is 15.1. The Hall–Kier alpha value is -3.07. The molecule has 2 heterocycles. The van der Waals surface area contributed by atoms with Gasteiger partial charge in [0.1, 0.15) is 11.4 Å². The fourth-order valence-corrected chi connectivity index (χ4v) is 7.15. The quantitative estimate of drug-likeness (QED) is 0.487. The van der Waals surface area contributed by atoms with E-state index in [4.69, 9.17) is 0 Å². The Labute approximate surface area is 238 Å². The molecule has 6 nitrogen and oxygen atoms in total. The molecule has 2 aromatic rings. The van der Waals surface area contributed by atoms with Gasteiger partial charge in [0.05, 0.1) is 11.6 Å². The molecule has 9 heteroatoms. The molecule has 0 bridgehead atoms. The summed E-state index contributed by atoms with van der Waals surface area (Å²) in [4.78, 5) is 28.6. The molecule has 4 aliphatic rings. The van der Waals surface area contributed by atoms with Gasteiger partial charge in [-0.3, -0.25) is 9.59 Å². The first-order chi connectivity index (χ1) is 19.7. The predicted molar refractivity (Wildman–Crippen MR) is 149 cm³/mol. The van der Waals surface area contributed by atoms with Crippen molar-refractivity contribution in [2.45, 2.75) is 87.7 Å². The second-order valence-electron chi connectivity index (χ2n) is 12.4. The molecular weight excluding hydrogens is 531 g/mol. The van der Waals surface area contributed by atoms with Gasteiger partial charge in [-0.1, -0.05) is 44.6 Å². The molecule has 41 heavy (non-hydrogen) atoms. The smallest absolute Gasteiger partial charge is 0.257 e. The highest BCUT2D eigenvalue weighted by Crippen LogP contribution is 2.51. The van der Waals surface area contributed by atoms with Crippen LogP contribution < -0.4 is 5.32 Å². The maximum atomic E-state index is 15.8. The van der Waals surface area contributed by atoms with Gasteiger partial charge in [0.2, 0.25) is 0 Å². The number of carbonyl (C=O) groups is 2. The lowest BCUT2D eigenvalue weighted by Crippen LogP contribution is -2.53. The molecule has 2 aliphatic heterocycles. The third kappa shape index (κ3) is 5.33. The highest BCUT2D eigenvalue weighted by molar-refractivity contribution is 5.95. The fourth-order valence-electron chi connectivity index (χ4n) is 7.15. The zero-order valence-corrected chi connectivity index (χ0v) is 23.4. The van der Waals surface area contributed by atoms with Crippen LogP contribution in [0.15, 0.2) is 30.3 Å². The predicted octanol–water partition coefficient (Wildman–Crippen LogP) is 5.84. The largest absolute Gasteiger partial charge is 0.380 e. The number of aliphatic hydroxyl groups is 1. The molecule has 2 aromatic carbocycles. The van der Waals surface area contributed by atoms with Gasteiger partial charge in [-0.15, -0.1) is 0 Å². The van der Waals surface area contributed by atoms with Crippen molar-refractivity contribution in [3.8, 4) is 0 Å². The van der Waals surface area contributed by atoms with Crippen molar-refractivity contribution in [2.24, 2.45) is 0 Å². The molecule has 0 radical (unpaired) electrons. The van der Waals surface area contributed by atoms with E-state index in [2.05, 4.69) is 5.32 Å². The average molecular weight is 570 g/mol. The van der Waals surface area contributed by atoms with Crippen molar-refractivity contribution in [2.75, 3.05) is 31.5 Å². The molecule has 220 valence electrons. The summed E-state index contributed by atoms with van der Waals surface area (Å²) >= 11 is 0. The van der Waals surface area contributed by atoms with E-state index in [1.807, 2.05) is 0 Å². The first-order valence-corrected chi connectivity index (χ1v) is 15.1. The number of piperazine rings is 1. The van der Waals surface area contributed by atoms with Crippen molar-refractivity contribution < 1.29 is 27.9 Å². The van der Waals surface area contributed by atoms with E-state index in [0.29, 0.717) is 19.3 Å². The fraction of sp³-hybridized carbons (Fsp3) is 0.562. The molecule has 3 fully saturated rings. The van der Waals surface area contributed by atoms with Gasteiger partial charge in [-0.05, 0) is 67.3 Å². The van der Waals surface area contributed by atoms with Crippen LogP contribution in [-0.4, -0.2) is 58.5 Å². The number of halogens is 3. The molecule has 0 aromatic heterocycles. The zero-order valence-electron chi connectivity index (χ0n) is 23.4. The van der Waals surface area contributed by atoms with E-state index in [1.165, 1.54) is 40.8 Å². The lowest BCUT2D eigenvalue weighted by atomic mass is 9.66. The van der Waals surface area contributed by atoms with E-state index >= 15 is 8.78 Å². The molecule has 1 spiro atoms. The minimum absolute atomic E-state index is 0.168. The number of nitrogens with zero attached hydrogens (tertiary/aromatic N) is 2. The van der Waals surface area contributed by atoms with Crippen LogP contribution in [0.3, 0.4) is 0 Å². The summed E-state index contributed by atoms with van der Waals surface area (Å²) in [6.45, 7) is 0.847. The van der Waals surface area contributed by atoms with Gasteiger partial charge in [0, 0.05) is 37.4 Å². The van der Waals surface area contributed by atoms with Crippen LogP contribution >= 0.6 is 0 Å². The summed E-state index contributed by atoms with van der Waals surface area (Å²) in [6, 6.07) is 7.04. The standard InChI is InChI=1S/C32H38F3N3O3/c33-21-7-10-25-24(19-21)31(11-5-3-1-2-4-6-12-31)20-26(36-25)22-8-9-23(28(35)27(22)34)29(39)37-15-17-38(18-16-37)30(40)32(41)13-14-32/h7-10,19,26,36,41H,1-6,11-18,20H2. The van der Waals surface area contributed by atoms with E-state index in [-0.39, 0.29) is 54.4 Å². The number of rotatable bonds is 3. The number of amides is 2. The van der Waals surface area contributed by atoms with E-state index in [0.717, 1.165) is 49.8 Å². The van der Waals surface area contributed by atoms with Crippen LogP contribution in [-0.2, 0) is 10.2 Å². The number of hydrogen-bond acceptors (Lipinski definition) is 4. The lowest BCUT2D eigenvalue weighted by molar-refractivity contribution is -0.143. The SMILES string of the molecule is O=C(c1ccc(C2CC3(CCCCCCCC3)c3cc(F)ccc3N2)c(F)c1F)N1CCN(C(=O)C2(O)CC2)CC1. The second kappa shape index (κ2) is 11.0. The summed E-state index contributed by atoms with van der Waals surface area (Å²) in [6.07, 6.45) is 9.73. The third-order valence-corrected chi connectivity index (χ3v) is 9.73. The average Bonchev–Trinajstić information content (AvgIpc) is 3.71. The molecule has 2 N–H and O–H groups in total. The maximum Gasteiger partial charge on any atom is 0.257 e. The van der Waals surface area contributed by atoms with Crippen molar-refractivity contribution in [3.63, 3.8) is 0 Å². The molecule has 2 saturated carbocycles. The highest BCUT2D eigenvalue weighted by atomic mass is 19.2. The third-order valence-electron chi connectivity index (χ3n) is 9.73. The van der Waals surface area contributed by atoms with Crippen LogP contribution in [0.1, 0.15) is 98.2 Å². The van der Waals surface area contributed by atoms with Gasteiger partial charge in [-0.2, -0.15) is 0 Å². The Morgan fingerprint density at radius 3 is 2.10 bits per heavy atom. The summed E-state index contributed by atoms with van der Waals surface area (Å²) in [5.74, 6) is -3.45. The second-order valence-corrected chi connectivity index (χ2v) is 12.4. The summed E-state index contributed by atoms with van der Waals surface area (Å²) in [5.41, 5.74) is -0.0873. The monoisotopic (exact) mass is 569 g/mol. The van der Waals surface area contributed by atoms with Crippen LogP contribution in [0, 0.1) is 17.5 Å². The first kappa shape index (κ1) is 28.1. The molecule has 1 atom stereocenters. The van der Waals surface area contributed by atoms with Crippen LogP contribution in [0.5, 0.6) is 0 Å². The van der Waals surface area contributed by atoms with Gasteiger partial charge in [0.15, 0.2) is 11.6 Å². The highest BCUT2D eigenvalue weighted by Gasteiger charge is 2.50. The molecule has 1 unspecified atom stereocenters. The van der Waals surface area contributed by atoms with E-state index < -0.39 is 29.2 Å². The Kier molecular flexibility index (Phi) is 7.51. The van der Waals surface area contributed by atoms with Crippen LogP contribution in [0.25, 0.3) is 0 Å². The molecule has 2 amide bonds. The Morgan fingerprint density at radius 1 is 0.805 bits per heavy atom.